The molecule has 0 aliphatic rings. The molecule has 0 spiro atoms. The molecule has 1 heterocycles. The molecule has 0 radical (unpaired) electrons. The molecule has 0 saturated carbocycles. The van der Waals surface area contributed by atoms with Gasteiger partial charge in [-0.15, -0.1) is 21.8 Å². The van der Waals surface area contributed by atoms with E-state index in [-0.39, 0.29) is 0 Å². The lowest BCUT2D eigenvalue weighted by molar-refractivity contribution is 0.873. The summed E-state index contributed by atoms with van der Waals surface area (Å²) < 4.78 is 0. The summed E-state index contributed by atoms with van der Waals surface area (Å²) in [7, 11) is 0. The third-order valence-electron chi connectivity index (χ3n) is 1.01. The molecule has 1 aromatic rings. The minimum atomic E-state index is 0.398. The van der Waals surface area contributed by atoms with Crippen LogP contribution >= 0.6 is 11.6 Å². The van der Waals surface area contributed by atoms with Gasteiger partial charge in [0.15, 0.2) is 0 Å². The highest BCUT2D eigenvalue weighted by atomic mass is 35.5. The highest BCUT2D eigenvalue weighted by molar-refractivity contribution is 6.17. The third kappa shape index (κ3) is 7.21. The van der Waals surface area contributed by atoms with Crippen molar-refractivity contribution in [2.45, 2.75) is 19.8 Å². The van der Waals surface area contributed by atoms with E-state index in [1.807, 2.05) is 0 Å². The summed E-state index contributed by atoms with van der Waals surface area (Å²) in [5.41, 5.74) is 5.14. The van der Waals surface area contributed by atoms with Gasteiger partial charge in [-0.3, -0.25) is 0 Å². The van der Waals surface area contributed by atoms with Gasteiger partial charge in [0.25, 0.3) is 0 Å². The Morgan fingerprint density at radius 2 is 2.33 bits per heavy atom. The van der Waals surface area contributed by atoms with E-state index in [0.29, 0.717) is 5.82 Å². The zero-order chi connectivity index (χ0) is 9.23. The van der Waals surface area contributed by atoms with Gasteiger partial charge in [-0.1, -0.05) is 13.3 Å². The summed E-state index contributed by atoms with van der Waals surface area (Å²) >= 11 is 5.30. The van der Waals surface area contributed by atoms with Crippen LogP contribution in [0.1, 0.15) is 19.8 Å². The van der Waals surface area contributed by atoms with Crippen molar-refractivity contribution in [1.29, 1.82) is 0 Å². The minimum absolute atomic E-state index is 0.398. The van der Waals surface area contributed by atoms with Gasteiger partial charge in [-0.05, 0) is 11.6 Å². The van der Waals surface area contributed by atoms with E-state index in [0.717, 1.165) is 12.3 Å². The standard InChI is InChI=1S/C4H9Cl.C3H4N4/c1-2-3-4-5;4-3-1-2-5-7-6-3/h2-4H2,1H3;1-2H,(H2,4,5,6). The van der Waals surface area contributed by atoms with Crippen molar-refractivity contribution in [3.8, 4) is 0 Å². The highest BCUT2D eigenvalue weighted by Crippen LogP contribution is 1.86. The van der Waals surface area contributed by atoms with Gasteiger partial charge in [-0.25, -0.2) is 0 Å². The molecule has 0 aliphatic carbocycles. The second-order valence-corrected chi connectivity index (χ2v) is 2.47. The number of rotatable bonds is 2. The molecule has 0 saturated heterocycles. The lowest BCUT2D eigenvalue weighted by atomic mass is 10.4. The van der Waals surface area contributed by atoms with Gasteiger partial charge >= 0.3 is 0 Å². The van der Waals surface area contributed by atoms with Gasteiger partial charge in [0.1, 0.15) is 5.82 Å². The number of aromatic nitrogens is 3. The number of unbranched alkanes of at least 4 members (excludes halogenated alkanes) is 1. The second kappa shape index (κ2) is 8.20. The number of alkyl halides is 1. The molecular weight excluding hydrogens is 176 g/mol. The fourth-order valence-corrected chi connectivity index (χ4v) is 0.651. The van der Waals surface area contributed by atoms with Crippen LogP contribution in [0.15, 0.2) is 12.3 Å². The lowest BCUT2D eigenvalue weighted by Crippen LogP contribution is -1.91. The molecule has 5 heteroatoms. The Bertz CT molecular complexity index is 178. The van der Waals surface area contributed by atoms with Crippen molar-refractivity contribution in [2.24, 2.45) is 0 Å². The van der Waals surface area contributed by atoms with E-state index >= 15 is 0 Å². The lowest BCUT2D eigenvalue weighted by Gasteiger charge is -1.80. The van der Waals surface area contributed by atoms with Crippen molar-refractivity contribution in [1.82, 2.24) is 15.4 Å². The SMILES string of the molecule is CCCCCl.Nc1ccnnn1. The Morgan fingerprint density at radius 3 is 2.50 bits per heavy atom. The third-order valence-corrected chi connectivity index (χ3v) is 1.28. The largest absolute Gasteiger partial charge is 0.382 e. The first-order chi connectivity index (χ1) is 5.81. The fraction of sp³-hybridized carbons (Fsp3) is 0.571. The van der Waals surface area contributed by atoms with Crippen LogP contribution in [0, 0.1) is 0 Å². The van der Waals surface area contributed by atoms with E-state index in [9.17, 15) is 0 Å². The molecule has 0 amide bonds. The van der Waals surface area contributed by atoms with Gasteiger partial charge in [0, 0.05) is 11.9 Å². The average Bonchev–Trinajstić information content (AvgIpc) is 2.08. The van der Waals surface area contributed by atoms with Crippen molar-refractivity contribution < 1.29 is 0 Å². The summed E-state index contributed by atoms with van der Waals surface area (Å²) in [4.78, 5) is 0. The van der Waals surface area contributed by atoms with E-state index in [2.05, 4.69) is 22.3 Å². The van der Waals surface area contributed by atoms with Gasteiger partial charge in [-0.2, -0.15) is 0 Å². The quantitative estimate of drug-likeness (QED) is 0.715. The number of nitrogen functional groups attached to an aromatic ring is 1. The van der Waals surface area contributed by atoms with Crippen LogP contribution in [0.3, 0.4) is 0 Å². The molecule has 0 atom stereocenters. The summed E-state index contributed by atoms with van der Waals surface area (Å²) in [6, 6.07) is 1.58. The monoisotopic (exact) mass is 188 g/mol. The van der Waals surface area contributed by atoms with Crippen LogP contribution in [0.25, 0.3) is 0 Å². The topological polar surface area (TPSA) is 64.7 Å². The first-order valence-electron chi connectivity index (χ1n) is 3.77. The van der Waals surface area contributed by atoms with Crippen LogP contribution in [-0.4, -0.2) is 21.3 Å². The Labute approximate surface area is 77.1 Å². The van der Waals surface area contributed by atoms with Crippen molar-refractivity contribution in [3.05, 3.63) is 12.3 Å². The van der Waals surface area contributed by atoms with E-state index < -0.39 is 0 Å². The number of hydrogen-bond donors (Lipinski definition) is 1. The maximum absolute atomic E-state index is 5.30. The molecule has 0 aromatic carbocycles. The van der Waals surface area contributed by atoms with Crippen molar-refractivity contribution in [2.75, 3.05) is 11.6 Å². The predicted molar refractivity (Wildman–Crippen MR) is 49.9 cm³/mol. The smallest absolute Gasteiger partial charge is 0.149 e. The molecule has 0 fully saturated rings. The molecule has 12 heavy (non-hydrogen) atoms. The molecule has 0 bridgehead atoms. The first kappa shape index (κ1) is 11.1. The number of hydrogen-bond acceptors (Lipinski definition) is 4. The Hall–Kier alpha value is -0.900. The molecule has 0 aliphatic heterocycles. The predicted octanol–water partition coefficient (Wildman–Crippen LogP) is 1.48. The van der Waals surface area contributed by atoms with Crippen molar-refractivity contribution in [3.63, 3.8) is 0 Å². The summed E-state index contributed by atoms with van der Waals surface area (Å²) in [6.07, 6.45) is 3.85. The first-order valence-corrected chi connectivity index (χ1v) is 4.30. The summed E-state index contributed by atoms with van der Waals surface area (Å²) in [5, 5.41) is 10.1. The Morgan fingerprint density at radius 1 is 1.58 bits per heavy atom. The highest BCUT2D eigenvalue weighted by Gasteiger charge is 1.76. The summed E-state index contributed by atoms with van der Waals surface area (Å²) in [5.74, 6) is 1.21. The number of nitrogens with zero attached hydrogens (tertiary/aromatic N) is 3. The molecular formula is C7H13ClN4. The number of halogens is 1. The molecule has 1 rings (SSSR count). The number of nitrogens with two attached hydrogens (primary N) is 1. The normalized spacial score (nSPS) is 8.50. The second-order valence-electron chi connectivity index (χ2n) is 2.09. The Kier molecular flexibility index (Phi) is 7.58. The zero-order valence-corrected chi connectivity index (χ0v) is 7.83. The van der Waals surface area contributed by atoms with E-state index in [1.54, 1.807) is 6.07 Å². The van der Waals surface area contributed by atoms with Crippen LogP contribution in [0.2, 0.25) is 0 Å². The molecule has 2 N–H and O–H groups in total. The Balaban J connectivity index is 0.000000217. The van der Waals surface area contributed by atoms with Crippen LogP contribution in [0.5, 0.6) is 0 Å². The van der Waals surface area contributed by atoms with Crippen LogP contribution in [-0.2, 0) is 0 Å². The van der Waals surface area contributed by atoms with Gasteiger partial charge in [0.05, 0.1) is 6.20 Å². The average molecular weight is 189 g/mol. The van der Waals surface area contributed by atoms with Gasteiger partial charge in [0.2, 0.25) is 0 Å². The van der Waals surface area contributed by atoms with E-state index in [4.69, 9.17) is 17.3 Å². The maximum Gasteiger partial charge on any atom is 0.149 e. The minimum Gasteiger partial charge on any atom is -0.382 e. The van der Waals surface area contributed by atoms with Crippen molar-refractivity contribution >= 4 is 17.4 Å². The van der Waals surface area contributed by atoms with Crippen LogP contribution < -0.4 is 5.73 Å². The fourth-order valence-electron chi connectivity index (χ4n) is 0.384. The number of anilines is 1. The molecule has 4 nitrogen and oxygen atoms in total. The zero-order valence-electron chi connectivity index (χ0n) is 7.07. The molecule has 0 unspecified atom stereocenters. The van der Waals surface area contributed by atoms with Gasteiger partial charge < -0.3 is 5.73 Å². The maximum atomic E-state index is 5.30. The van der Waals surface area contributed by atoms with E-state index in [1.165, 1.54) is 12.6 Å². The van der Waals surface area contributed by atoms with Crippen LogP contribution in [0.4, 0.5) is 5.82 Å². The molecule has 1 aromatic heterocycles. The molecule has 68 valence electrons. The summed E-state index contributed by atoms with van der Waals surface area (Å²) in [6.45, 7) is 2.13.